The molecule has 0 atom stereocenters. The number of carbonyl (C=O) groups is 1. The Morgan fingerprint density at radius 1 is 1.30 bits per heavy atom. The first-order valence-corrected chi connectivity index (χ1v) is 6.43. The van der Waals surface area contributed by atoms with Crippen LogP contribution < -0.4 is 5.73 Å². The highest BCUT2D eigenvalue weighted by atomic mass is 16.5. The van der Waals surface area contributed by atoms with Gasteiger partial charge in [0.05, 0.1) is 11.4 Å². The van der Waals surface area contributed by atoms with Crippen LogP contribution in [0.15, 0.2) is 18.2 Å². The molecule has 0 spiro atoms. The number of anilines is 1. The zero-order valence-electron chi connectivity index (χ0n) is 12.2. The van der Waals surface area contributed by atoms with Gasteiger partial charge in [0.1, 0.15) is 6.61 Å². The Morgan fingerprint density at radius 3 is 2.40 bits per heavy atom. The number of hydrogen-bond acceptors (Lipinski definition) is 4. The van der Waals surface area contributed by atoms with Gasteiger partial charge >= 0.3 is 5.97 Å². The number of esters is 1. The fourth-order valence-electron chi connectivity index (χ4n) is 2.20. The quantitative estimate of drug-likeness (QED) is 0.871. The van der Waals surface area contributed by atoms with E-state index in [1.54, 1.807) is 14.0 Å². The molecular weight excluding hydrogens is 254 g/mol. The highest BCUT2D eigenvalue weighted by Crippen LogP contribution is 2.19. The summed E-state index contributed by atoms with van der Waals surface area (Å²) in [6, 6.07) is 5.98. The fraction of sp³-hybridized carbons (Fsp3) is 0.333. The summed E-state index contributed by atoms with van der Waals surface area (Å²) in [5.41, 5.74) is 10.4. The number of aromatic nitrogens is 2. The highest BCUT2D eigenvalue weighted by molar-refractivity contribution is 5.93. The van der Waals surface area contributed by atoms with E-state index < -0.39 is 5.97 Å². The molecule has 0 radical (unpaired) electrons. The molecule has 0 fully saturated rings. The smallest absolute Gasteiger partial charge is 0.359 e. The maximum atomic E-state index is 12.1. The Hall–Kier alpha value is -2.30. The molecule has 2 aromatic rings. The van der Waals surface area contributed by atoms with Crippen molar-refractivity contribution in [1.82, 2.24) is 9.78 Å². The number of hydrogen-bond donors (Lipinski definition) is 1. The average Bonchev–Trinajstić information content (AvgIpc) is 2.62. The number of rotatable bonds is 3. The number of aryl methyl sites for hydroxylation is 4. The second kappa shape index (κ2) is 5.36. The van der Waals surface area contributed by atoms with Crippen molar-refractivity contribution in [3.8, 4) is 0 Å². The summed E-state index contributed by atoms with van der Waals surface area (Å²) in [6.07, 6.45) is 0. The molecule has 2 rings (SSSR count). The zero-order valence-corrected chi connectivity index (χ0v) is 12.2. The molecule has 0 aliphatic rings. The van der Waals surface area contributed by atoms with Gasteiger partial charge in [-0.1, -0.05) is 18.2 Å². The van der Waals surface area contributed by atoms with Crippen molar-refractivity contribution in [2.24, 2.45) is 7.05 Å². The van der Waals surface area contributed by atoms with Gasteiger partial charge in [-0.05, 0) is 37.5 Å². The molecule has 0 unspecified atom stereocenters. The average molecular weight is 273 g/mol. The van der Waals surface area contributed by atoms with Crippen LogP contribution in [0.2, 0.25) is 0 Å². The second-order valence-electron chi connectivity index (χ2n) is 4.92. The van der Waals surface area contributed by atoms with Crippen molar-refractivity contribution < 1.29 is 9.53 Å². The van der Waals surface area contributed by atoms with Gasteiger partial charge in [-0.25, -0.2) is 4.79 Å². The van der Waals surface area contributed by atoms with Crippen LogP contribution >= 0.6 is 0 Å². The SMILES string of the molecule is Cc1cccc(C)c1COC(=O)c1c(N)c(C)nn1C. The number of ether oxygens (including phenoxy) is 1. The summed E-state index contributed by atoms with van der Waals surface area (Å²) in [5.74, 6) is -0.451. The Morgan fingerprint density at radius 2 is 1.90 bits per heavy atom. The Kier molecular flexibility index (Phi) is 3.79. The maximum absolute atomic E-state index is 12.1. The first-order valence-electron chi connectivity index (χ1n) is 6.43. The monoisotopic (exact) mass is 273 g/mol. The lowest BCUT2D eigenvalue weighted by atomic mass is 10.0. The van der Waals surface area contributed by atoms with Gasteiger partial charge in [0.15, 0.2) is 5.69 Å². The van der Waals surface area contributed by atoms with Gasteiger partial charge in [-0.2, -0.15) is 5.10 Å². The van der Waals surface area contributed by atoms with Crippen molar-refractivity contribution in [2.75, 3.05) is 5.73 Å². The van der Waals surface area contributed by atoms with Gasteiger partial charge in [0, 0.05) is 7.05 Å². The molecule has 1 aromatic heterocycles. The van der Waals surface area contributed by atoms with E-state index in [4.69, 9.17) is 10.5 Å². The minimum atomic E-state index is -0.451. The standard InChI is InChI=1S/C15H19N3O2/c1-9-6-5-7-10(2)12(9)8-20-15(19)14-13(16)11(3)17-18(14)4/h5-7H,8,16H2,1-4H3. The van der Waals surface area contributed by atoms with Crippen LogP contribution in [0.5, 0.6) is 0 Å². The molecule has 0 bridgehead atoms. The molecule has 20 heavy (non-hydrogen) atoms. The van der Waals surface area contributed by atoms with E-state index in [1.165, 1.54) is 4.68 Å². The van der Waals surface area contributed by atoms with Gasteiger partial charge in [-0.15, -0.1) is 0 Å². The molecular formula is C15H19N3O2. The fourth-order valence-corrected chi connectivity index (χ4v) is 2.20. The summed E-state index contributed by atoms with van der Waals surface area (Å²) >= 11 is 0. The van der Waals surface area contributed by atoms with Crippen LogP contribution in [-0.2, 0) is 18.4 Å². The van der Waals surface area contributed by atoms with Crippen LogP contribution in [-0.4, -0.2) is 15.7 Å². The van der Waals surface area contributed by atoms with Crippen molar-refractivity contribution >= 4 is 11.7 Å². The normalized spacial score (nSPS) is 10.6. The van der Waals surface area contributed by atoms with E-state index >= 15 is 0 Å². The first-order chi connectivity index (χ1) is 9.41. The third-order valence-corrected chi connectivity index (χ3v) is 3.45. The molecule has 5 heteroatoms. The van der Waals surface area contributed by atoms with Crippen molar-refractivity contribution in [1.29, 1.82) is 0 Å². The van der Waals surface area contributed by atoms with Crippen LogP contribution in [0.4, 0.5) is 5.69 Å². The predicted molar refractivity (Wildman–Crippen MR) is 77.4 cm³/mol. The van der Waals surface area contributed by atoms with Crippen molar-refractivity contribution in [2.45, 2.75) is 27.4 Å². The topological polar surface area (TPSA) is 70.1 Å². The van der Waals surface area contributed by atoms with Gasteiger partial charge < -0.3 is 10.5 Å². The molecule has 5 nitrogen and oxygen atoms in total. The van der Waals surface area contributed by atoms with Crippen LogP contribution in [0.3, 0.4) is 0 Å². The summed E-state index contributed by atoms with van der Waals surface area (Å²) in [4.78, 5) is 12.1. The summed E-state index contributed by atoms with van der Waals surface area (Å²) in [7, 11) is 1.68. The largest absolute Gasteiger partial charge is 0.456 e. The lowest BCUT2D eigenvalue weighted by Crippen LogP contribution is -2.13. The Balaban J connectivity index is 2.17. The molecule has 0 saturated heterocycles. The van der Waals surface area contributed by atoms with E-state index in [0.717, 1.165) is 16.7 Å². The third kappa shape index (κ3) is 2.52. The predicted octanol–water partition coefficient (Wildman–Crippen LogP) is 2.28. The van der Waals surface area contributed by atoms with Crippen LogP contribution in [0, 0.1) is 20.8 Å². The van der Waals surface area contributed by atoms with Crippen molar-refractivity contribution in [3.63, 3.8) is 0 Å². The van der Waals surface area contributed by atoms with Gasteiger partial charge in [0.2, 0.25) is 0 Å². The second-order valence-corrected chi connectivity index (χ2v) is 4.92. The van der Waals surface area contributed by atoms with E-state index in [-0.39, 0.29) is 6.61 Å². The molecule has 0 aliphatic heterocycles. The molecule has 0 amide bonds. The number of nitrogens with two attached hydrogens (primary N) is 1. The summed E-state index contributed by atoms with van der Waals surface area (Å²) in [5, 5.41) is 4.11. The molecule has 0 aliphatic carbocycles. The van der Waals surface area contributed by atoms with E-state index in [9.17, 15) is 4.79 Å². The lowest BCUT2D eigenvalue weighted by Gasteiger charge is -2.10. The molecule has 1 aromatic carbocycles. The van der Waals surface area contributed by atoms with E-state index in [1.807, 2.05) is 32.0 Å². The summed E-state index contributed by atoms with van der Waals surface area (Å²) in [6.45, 7) is 6.00. The van der Waals surface area contributed by atoms with Crippen molar-refractivity contribution in [3.05, 3.63) is 46.3 Å². The molecule has 2 N–H and O–H groups in total. The molecule has 1 heterocycles. The Bertz CT molecular complexity index is 639. The van der Waals surface area contributed by atoms with Crippen LogP contribution in [0.25, 0.3) is 0 Å². The first kappa shape index (κ1) is 14.1. The number of nitrogen functional groups attached to an aromatic ring is 1. The van der Waals surface area contributed by atoms with Gasteiger partial charge in [0.25, 0.3) is 0 Å². The number of carbonyl (C=O) groups excluding carboxylic acids is 1. The van der Waals surface area contributed by atoms with Gasteiger partial charge in [-0.3, -0.25) is 4.68 Å². The lowest BCUT2D eigenvalue weighted by molar-refractivity contribution is 0.0460. The third-order valence-electron chi connectivity index (χ3n) is 3.45. The zero-order chi connectivity index (χ0) is 14.9. The Labute approximate surface area is 118 Å². The van der Waals surface area contributed by atoms with E-state index in [2.05, 4.69) is 5.10 Å². The highest BCUT2D eigenvalue weighted by Gasteiger charge is 2.19. The summed E-state index contributed by atoms with van der Waals surface area (Å²) < 4.78 is 6.83. The minimum absolute atomic E-state index is 0.237. The molecule has 0 saturated carbocycles. The number of benzene rings is 1. The van der Waals surface area contributed by atoms with E-state index in [0.29, 0.717) is 17.1 Å². The minimum Gasteiger partial charge on any atom is -0.456 e. The molecule has 106 valence electrons. The van der Waals surface area contributed by atoms with Crippen LogP contribution in [0.1, 0.15) is 32.9 Å². The number of nitrogens with zero attached hydrogens (tertiary/aromatic N) is 2. The maximum Gasteiger partial charge on any atom is 0.359 e.